The Balaban J connectivity index is 0.00000368. The van der Waals surface area contributed by atoms with Crippen molar-refractivity contribution in [2.75, 3.05) is 0 Å². The molecule has 1 amide bonds. The largest absolute Gasteiger partial charge is 0.424 e. The second-order valence-electron chi connectivity index (χ2n) is 11.1. The number of hydrogen-bond donors (Lipinski definition) is 2. The van der Waals surface area contributed by atoms with Crippen molar-refractivity contribution in [2.24, 2.45) is 5.73 Å². The summed E-state index contributed by atoms with van der Waals surface area (Å²) in [4.78, 5) is 33.7. The van der Waals surface area contributed by atoms with Gasteiger partial charge in [-0.3, -0.25) is 9.59 Å². The monoisotopic (exact) mass is 798 g/mol. The van der Waals surface area contributed by atoms with Gasteiger partial charge in [0.2, 0.25) is 0 Å². The Morgan fingerprint density at radius 1 is 1.19 bits per heavy atom. The minimum absolute atomic E-state index is 0. The summed E-state index contributed by atoms with van der Waals surface area (Å²) in [6.07, 6.45) is 5.06. The first-order chi connectivity index (χ1) is 20.3. The minimum atomic E-state index is -1.42. The fourth-order valence-electron chi connectivity index (χ4n) is 6.68. The molecule has 0 radical (unpaired) electrons. The molecule has 2 atom stereocenters. The molecule has 0 unspecified atom stereocenters. The number of nitrogens with one attached hydrogen (secondary N) is 1. The Hall–Kier alpha value is -5.86. The molecule has 1 fully saturated rings. The van der Waals surface area contributed by atoms with Crippen LogP contribution in [0.15, 0.2) is 85.0 Å². The molecule has 3 aromatic carbocycles. The van der Waals surface area contributed by atoms with Gasteiger partial charge in [-0.2, -0.15) is 6.08 Å². The van der Waals surface area contributed by atoms with Gasteiger partial charge in [0.15, 0.2) is 5.78 Å². The molecule has 1 aromatic heterocycles. The number of para-hydroxylation sites is 1. The molecule has 218 valence electrons. The van der Waals surface area contributed by atoms with Crippen molar-refractivity contribution in [3.63, 3.8) is 0 Å². The van der Waals surface area contributed by atoms with E-state index in [-0.39, 0.29) is 24.4 Å². The van der Waals surface area contributed by atoms with Crippen LogP contribution in [0.5, 0.6) is 0 Å². The summed E-state index contributed by atoms with van der Waals surface area (Å²) in [6, 6.07) is 16.4. The van der Waals surface area contributed by atoms with Crippen LogP contribution in [-0.4, -0.2) is 28.3 Å². The second kappa shape index (κ2) is 10.5. The van der Waals surface area contributed by atoms with E-state index in [4.69, 9.17) is 17.0 Å². The first kappa shape index (κ1) is 28.7. The van der Waals surface area contributed by atoms with Crippen LogP contribution >= 0.6 is 0 Å². The summed E-state index contributed by atoms with van der Waals surface area (Å²) in [5.74, 6) is -0.752. The van der Waals surface area contributed by atoms with Gasteiger partial charge >= 0.3 is 5.54 Å². The van der Waals surface area contributed by atoms with E-state index in [9.17, 15) is 9.59 Å². The molecule has 6 rings (SSSR count). The van der Waals surface area contributed by atoms with Crippen LogP contribution in [0.4, 0.5) is 0 Å². The molecule has 6 nitrogen and oxygen atoms in total. The molecule has 43 heavy (non-hydrogen) atoms. The normalized spacial score (nSPS) is 19.3. The summed E-state index contributed by atoms with van der Waals surface area (Å²) in [7, 11) is 0. The van der Waals surface area contributed by atoms with Gasteiger partial charge in [-0.25, -0.2) is 6.58 Å². The van der Waals surface area contributed by atoms with Crippen molar-refractivity contribution in [1.29, 1.82) is 0 Å². The third kappa shape index (κ3) is 4.20. The zero-order valence-corrected chi connectivity index (χ0v) is 27.2. The number of aromatic amines is 1. The zero-order chi connectivity index (χ0) is 29.8. The van der Waals surface area contributed by atoms with Gasteiger partial charge < -0.3 is 15.5 Å². The number of ketones is 1. The van der Waals surface area contributed by atoms with E-state index in [0.717, 1.165) is 61.6 Å². The van der Waals surface area contributed by atoms with Crippen LogP contribution in [0, 0.1) is 19.6 Å². The molecule has 3 N–H and O–H groups in total. The molecular formula is C36H33CmN3O3. The molecule has 1 saturated heterocycles. The first-order valence-electron chi connectivity index (χ1n) is 14.2. The predicted molar refractivity (Wildman–Crippen MR) is 168 cm³/mol. The number of carbonyl (C=O) groups is 2. The molecule has 0 bridgehead atoms. The molecule has 1 aliphatic heterocycles. The molecule has 0 saturated carbocycles. The number of nitrogens with zero attached hydrogens (tertiary/aromatic N) is 1. The summed E-state index contributed by atoms with van der Waals surface area (Å²) in [5, 5.41) is 2.16. The maximum atomic E-state index is 13.7. The van der Waals surface area contributed by atoms with E-state index in [1.165, 1.54) is 17.7 Å². The van der Waals surface area contributed by atoms with E-state index < -0.39 is 11.4 Å². The molecule has 2 heterocycles. The van der Waals surface area contributed by atoms with E-state index >= 15 is 0 Å². The Bertz CT molecular complexity index is 1910. The summed E-state index contributed by atoms with van der Waals surface area (Å²) in [5.41, 5.74) is 14.4. The van der Waals surface area contributed by atoms with Crippen LogP contribution in [0.1, 0.15) is 46.8 Å². The van der Waals surface area contributed by atoms with Crippen molar-refractivity contribution in [3.8, 4) is 17.7 Å². The second-order valence-corrected chi connectivity index (χ2v) is 11.1. The quantitative estimate of drug-likeness (QED) is 0.0815. The van der Waals surface area contributed by atoms with Crippen LogP contribution in [0.3, 0.4) is 0 Å². The molecular weight excluding hydrogens is 769 g/mol. The number of rotatable bonds is 9. The number of ether oxygens (including phenoxy) is 1. The number of allylic oxidation sites excluding steroid dienone is 2. The predicted octanol–water partition coefficient (Wildman–Crippen LogP) is 7.16. The summed E-state index contributed by atoms with van der Waals surface area (Å²) in [6.45, 7) is 17.5. The standard InChI is InChI=1S/C36H33N3O3.Cm/c1-6-22-32-24-15-11-12-16-27(24)39-34(32)26(31(33(22)28(40)7-2)23-14-10-9-13-20(23)4)18-21-17-25(21)29-19-36(38-5,35(37)41)30(8-3)42-29;/h5,7-16,29,39H,2-3,6,17-19H2,1,4H3,(H2,37,41);/t29-,36-;/m1./s1. The van der Waals surface area contributed by atoms with Gasteiger partial charge in [-0.15, -0.1) is 0 Å². The van der Waals surface area contributed by atoms with Gasteiger partial charge in [0.1, 0.15) is 0 Å². The van der Waals surface area contributed by atoms with Crippen LogP contribution in [0.25, 0.3) is 37.8 Å². The van der Waals surface area contributed by atoms with Crippen molar-refractivity contribution in [1.82, 2.24) is 4.98 Å². The number of benzene rings is 3. The fraction of sp³-hybridized carbons (Fsp3) is 0.222. The molecule has 1 aliphatic carbocycles. The van der Waals surface area contributed by atoms with Gasteiger partial charge in [-0.1, -0.05) is 66.4 Å². The van der Waals surface area contributed by atoms with Gasteiger partial charge in [-0.05, 0) is 71.7 Å². The Labute approximate surface area is 245 Å². The number of aryl methyl sites for hydroxylation is 2. The Morgan fingerprint density at radius 3 is 2.53 bits per heavy atom. The Kier molecular flexibility index (Phi) is 7.01. The van der Waals surface area contributed by atoms with Crippen LogP contribution in [-0.2, 0) is 22.4 Å². The van der Waals surface area contributed by atoms with Crippen LogP contribution < -0.4 is 5.73 Å². The molecule has 4 aromatic rings. The van der Waals surface area contributed by atoms with E-state index in [1.807, 2.05) is 24.3 Å². The summed E-state index contributed by atoms with van der Waals surface area (Å²) < 4.78 is 6.15. The molecule has 0 spiro atoms. The average molecular weight is 803 g/mol. The van der Waals surface area contributed by atoms with Gasteiger partial charge in [0.25, 0.3) is 12.5 Å². The van der Waals surface area contributed by atoms with E-state index in [2.05, 4.69) is 61.1 Å². The fourth-order valence-corrected chi connectivity index (χ4v) is 6.68. The number of nitrogens with two attached hydrogens (primary N) is 1. The first-order valence-corrected chi connectivity index (χ1v) is 14.2. The maximum absolute atomic E-state index is 13.7. The van der Waals surface area contributed by atoms with E-state index in [1.54, 1.807) is 0 Å². The topological polar surface area (TPSA) is 89.5 Å². The van der Waals surface area contributed by atoms with Crippen LogP contribution in [0.2, 0.25) is 0 Å². The number of carbonyl (C=O) groups excluding carboxylic acids is 2. The number of hydrogen-bond acceptors (Lipinski definition) is 3. The van der Waals surface area contributed by atoms with Crippen molar-refractivity contribution in [3.05, 3.63) is 118 Å². The average Bonchev–Trinajstić information content (AvgIpc) is 3.49. The Morgan fingerprint density at radius 2 is 1.91 bits per heavy atom. The van der Waals surface area contributed by atoms with Crippen molar-refractivity contribution in [2.45, 2.75) is 51.2 Å². The molecule has 2 aliphatic rings. The van der Waals surface area contributed by atoms with Gasteiger partial charge in [0, 0.05) is 28.0 Å². The smallest absolute Gasteiger partial charge is 0.345 e. The number of H-pyrrole nitrogens is 1. The van der Waals surface area contributed by atoms with Gasteiger partial charge in [0.05, 0.1) is 18.0 Å². The minimum Gasteiger partial charge on any atom is -0.424 e. The SMILES string of the molecule is C#[N+][C@]1(C(N)=O)C[C@H](C2=C(Cc3c(-c4ccccc4C)c(C(=O)C=C)c(CC)c4c3[nH]c3ccccc34)C2)O[C-]1C=C.[Cm]. The third-order valence-corrected chi connectivity index (χ3v) is 8.85. The summed E-state index contributed by atoms with van der Waals surface area (Å²) >= 11 is 0. The number of primary amides is 1. The van der Waals surface area contributed by atoms with Crippen molar-refractivity contribution >= 4 is 33.5 Å². The van der Waals surface area contributed by atoms with Crippen molar-refractivity contribution < 1.29 is 14.3 Å². The third-order valence-electron chi connectivity index (χ3n) is 8.85. The zero-order valence-electron chi connectivity index (χ0n) is 24.3. The number of fused-ring (bicyclic) bond motifs is 3. The maximum Gasteiger partial charge on any atom is 0.345 e. The number of aromatic nitrogens is 1. The number of amides is 1. The molecule has 7 heteroatoms. The van der Waals surface area contributed by atoms with E-state index in [0.29, 0.717) is 18.4 Å².